The quantitative estimate of drug-likeness (QED) is 0.744. The Kier molecular flexibility index (Phi) is 7.31. The van der Waals surface area contributed by atoms with Gasteiger partial charge in [0, 0.05) is 12.2 Å². The summed E-state index contributed by atoms with van der Waals surface area (Å²) in [7, 11) is 1.65. The number of carbonyl (C=O) groups excluding carboxylic acids is 2. The predicted octanol–water partition coefficient (Wildman–Crippen LogP) is 2.73. The molecule has 3 rings (SSSR count). The van der Waals surface area contributed by atoms with Crippen molar-refractivity contribution in [3.63, 3.8) is 0 Å². The molecular formula is C22H33N3O3. The van der Waals surface area contributed by atoms with Crippen molar-refractivity contribution in [3.8, 4) is 5.75 Å². The van der Waals surface area contributed by atoms with E-state index in [0.717, 1.165) is 42.8 Å². The Balaban J connectivity index is 1.63. The van der Waals surface area contributed by atoms with Crippen molar-refractivity contribution in [2.75, 3.05) is 38.2 Å². The van der Waals surface area contributed by atoms with Crippen molar-refractivity contribution in [2.24, 2.45) is 11.7 Å². The average molecular weight is 388 g/mol. The minimum Gasteiger partial charge on any atom is -0.497 e. The van der Waals surface area contributed by atoms with Gasteiger partial charge in [0.05, 0.1) is 20.2 Å². The molecule has 0 unspecified atom stereocenters. The van der Waals surface area contributed by atoms with Crippen molar-refractivity contribution in [1.29, 1.82) is 0 Å². The largest absolute Gasteiger partial charge is 0.497 e. The summed E-state index contributed by atoms with van der Waals surface area (Å²) in [4.78, 5) is 28.4. The molecule has 2 aliphatic rings. The molecule has 1 aliphatic carbocycles. The summed E-state index contributed by atoms with van der Waals surface area (Å²) in [6, 6.07) is 5.87. The summed E-state index contributed by atoms with van der Waals surface area (Å²) < 4.78 is 5.31. The van der Waals surface area contributed by atoms with E-state index in [1.165, 1.54) is 32.1 Å². The average Bonchev–Trinajstić information content (AvgIpc) is 2.71. The number of rotatable bonds is 8. The van der Waals surface area contributed by atoms with E-state index in [0.29, 0.717) is 12.5 Å². The van der Waals surface area contributed by atoms with Crippen LogP contribution in [-0.4, -0.2) is 50.0 Å². The van der Waals surface area contributed by atoms with E-state index in [4.69, 9.17) is 10.5 Å². The van der Waals surface area contributed by atoms with E-state index >= 15 is 0 Å². The maximum atomic E-state index is 13.1. The Morgan fingerprint density at radius 1 is 1.18 bits per heavy atom. The van der Waals surface area contributed by atoms with Gasteiger partial charge in [-0.2, -0.15) is 0 Å². The molecule has 1 fully saturated rings. The van der Waals surface area contributed by atoms with Crippen LogP contribution in [0.1, 0.15) is 50.5 Å². The first-order valence-electron chi connectivity index (χ1n) is 10.5. The monoisotopic (exact) mass is 387 g/mol. The number of fused-ring (bicyclic) bond motifs is 1. The smallest absolute Gasteiger partial charge is 0.241 e. The van der Waals surface area contributed by atoms with Crippen LogP contribution in [0.4, 0.5) is 5.69 Å². The van der Waals surface area contributed by atoms with E-state index in [2.05, 4.69) is 0 Å². The Labute approximate surface area is 168 Å². The van der Waals surface area contributed by atoms with Crippen LogP contribution in [0.15, 0.2) is 18.2 Å². The van der Waals surface area contributed by atoms with Crippen LogP contribution in [-0.2, 0) is 16.0 Å². The van der Waals surface area contributed by atoms with Gasteiger partial charge in [0.2, 0.25) is 11.8 Å². The molecule has 1 saturated carbocycles. The van der Waals surface area contributed by atoms with E-state index < -0.39 is 0 Å². The van der Waals surface area contributed by atoms with Gasteiger partial charge in [-0.05, 0) is 55.5 Å². The lowest BCUT2D eigenvalue weighted by molar-refractivity contribution is -0.122. The molecule has 0 atom stereocenters. The summed E-state index contributed by atoms with van der Waals surface area (Å²) in [6.07, 6.45) is 9.38. The zero-order valence-corrected chi connectivity index (χ0v) is 17.0. The molecule has 1 aliphatic heterocycles. The summed E-state index contributed by atoms with van der Waals surface area (Å²) in [5.41, 5.74) is 7.55. The number of carbonyl (C=O) groups is 2. The van der Waals surface area contributed by atoms with Gasteiger partial charge in [-0.25, -0.2) is 0 Å². The number of hydrogen-bond donors (Lipinski definition) is 1. The fourth-order valence-electron chi connectivity index (χ4n) is 4.51. The van der Waals surface area contributed by atoms with Gasteiger partial charge in [-0.3, -0.25) is 14.5 Å². The van der Waals surface area contributed by atoms with Gasteiger partial charge in [0.25, 0.3) is 0 Å². The van der Waals surface area contributed by atoms with Crippen LogP contribution in [0, 0.1) is 5.92 Å². The summed E-state index contributed by atoms with van der Waals surface area (Å²) in [6.45, 7) is 1.84. The molecule has 2 N–H and O–H groups in total. The van der Waals surface area contributed by atoms with Gasteiger partial charge in [-0.15, -0.1) is 0 Å². The number of amides is 2. The number of benzene rings is 1. The zero-order chi connectivity index (χ0) is 19.9. The Bertz CT molecular complexity index is 686. The van der Waals surface area contributed by atoms with Crippen molar-refractivity contribution in [1.82, 2.24) is 4.90 Å². The molecule has 2 amide bonds. The summed E-state index contributed by atoms with van der Waals surface area (Å²) in [5, 5.41) is 0. The topological polar surface area (TPSA) is 75.9 Å². The lowest BCUT2D eigenvalue weighted by atomic mass is 9.87. The molecule has 154 valence electrons. The van der Waals surface area contributed by atoms with Crippen LogP contribution in [0.3, 0.4) is 0 Å². The van der Waals surface area contributed by atoms with Gasteiger partial charge >= 0.3 is 0 Å². The Morgan fingerprint density at radius 3 is 2.68 bits per heavy atom. The van der Waals surface area contributed by atoms with Crippen LogP contribution >= 0.6 is 0 Å². The van der Waals surface area contributed by atoms with Crippen molar-refractivity contribution in [2.45, 2.75) is 51.4 Å². The minimum atomic E-state index is -0.375. The van der Waals surface area contributed by atoms with E-state index in [9.17, 15) is 9.59 Å². The highest BCUT2D eigenvalue weighted by molar-refractivity contribution is 5.96. The second-order valence-corrected chi connectivity index (χ2v) is 8.11. The number of methoxy groups -OCH3 is 1. The lowest BCUT2D eigenvalue weighted by Gasteiger charge is -2.32. The number of primary amides is 1. The molecule has 6 nitrogen and oxygen atoms in total. The minimum absolute atomic E-state index is 0.0380. The maximum absolute atomic E-state index is 13.1. The molecule has 0 spiro atoms. The molecule has 0 aromatic heterocycles. The van der Waals surface area contributed by atoms with E-state index in [-0.39, 0.29) is 24.9 Å². The number of hydrogen-bond acceptors (Lipinski definition) is 4. The summed E-state index contributed by atoms with van der Waals surface area (Å²) >= 11 is 0. The highest BCUT2D eigenvalue weighted by Gasteiger charge is 2.25. The van der Waals surface area contributed by atoms with Gasteiger partial charge in [0.15, 0.2) is 0 Å². The number of ether oxygens (including phenoxy) is 1. The first kappa shape index (κ1) is 20.6. The SMILES string of the molecule is COc1ccc2c(c1)CCCN2C(=O)CN(CCC1CCCCC1)CC(N)=O. The van der Waals surface area contributed by atoms with Crippen LogP contribution in [0.5, 0.6) is 5.75 Å². The molecule has 1 aromatic carbocycles. The summed E-state index contributed by atoms with van der Waals surface area (Å²) in [5.74, 6) is 1.19. The lowest BCUT2D eigenvalue weighted by Crippen LogP contribution is -2.45. The third-order valence-electron chi connectivity index (χ3n) is 6.02. The number of nitrogens with two attached hydrogens (primary N) is 1. The molecule has 0 bridgehead atoms. The Morgan fingerprint density at radius 2 is 1.96 bits per heavy atom. The molecule has 1 heterocycles. The second kappa shape index (κ2) is 9.92. The zero-order valence-electron chi connectivity index (χ0n) is 17.0. The fourth-order valence-corrected chi connectivity index (χ4v) is 4.51. The van der Waals surface area contributed by atoms with Crippen molar-refractivity contribution >= 4 is 17.5 Å². The van der Waals surface area contributed by atoms with E-state index in [1.807, 2.05) is 28.0 Å². The molecule has 0 radical (unpaired) electrons. The first-order chi connectivity index (χ1) is 13.6. The van der Waals surface area contributed by atoms with E-state index in [1.54, 1.807) is 7.11 Å². The molecular weight excluding hydrogens is 354 g/mol. The van der Waals surface area contributed by atoms with Gasteiger partial charge in [0.1, 0.15) is 5.75 Å². The molecule has 6 heteroatoms. The highest BCUT2D eigenvalue weighted by Crippen LogP contribution is 2.31. The Hall–Kier alpha value is -2.08. The van der Waals surface area contributed by atoms with Crippen LogP contribution in [0.25, 0.3) is 0 Å². The number of aryl methyl sites for hydroxylation is 1. The molecule has 28 heavy (non-hydrogen) atoms. The molecule has 1 aromatic rings. The van der Waals surface area contributed by atoms with Crippen LogP contribution < -0.4 is 15.4 Å². The standard InChI is InChI=1S/C22H33N3O3/c1-28-19-9-10-20-18(14-19)8-5-12-25(20)22(27)16-24(15-21(23)26)13-11-17-6-3-2-4-7-17/h9-10,14,17H,2-8,11-13,15-16H2,1H3,(H2,23,26). The van der Waals surface area contributed by atoms with Crippen molar-refractivity contribution < 1.29 is 14.3 Å². The maximum Gasteiger partial charge on any atom is 0.241 e. The van der Waals surface area contributed by atoms with Crippen molar-refractivity contribution in [3.05, 3.63) is 23.8 Å². The highest BCUT2D eigenvalue weighted by atomic mass is 16.5. The third-order valence-corrected chi connectivity index (χ3v) is 6.02. The fraction of sp³-hybridized carbons (Fsp3) is 0.636. The third kappa shape index (κ3) is 5.47. The van der Waals surface area contributed by atoms with Gasteiger partial charge < -0.3 is 15.4 Å². The predicted molar refractivity (Wildman–Crippen MR) is 110 cm³/mol. The number of nitrogens with zero attached hydrogens (tertiary/aromatic N) is 2. The normalized spacial score (nSPS) is 17.4. The second-order valence-electron chi connectivity index (χ2n) is 8.11. The first-order valence-corrected chi connectivity index (χ1v) is 10.5. The van der Waals surface area contributed by atoms with Gasteiger partial charge in [-0.1, -0.05) is 32.1 Å². The molecule has 0 saturated heterocycles. The van der Waals surface area contributed by atoms with Crippen LogP contribution in [0.2, 0.25) is 0 Å². The number of anilines is 1.